The summed E-state index contributed by atoms with van der Waals surface area (Å²) in [6, 6.07) is 17.8. The average Bonchev–Trinajstić information content (AvgIpc) is 3.63. The number of alkyl carbamates (subject to hydrolysis) is 1. The minimum Gasteiger partial charge on any atom is -0.508 e. The fourth-order valence-corrected chi connectivity index (χ4v) is 5.06. The molecule has 5 unspecified atom stereocenters. The number of aromatic hydroxyl groups is 1. The van der Waals surface area contributed by atoms with Crippen molar-refractivity contribution in [3.8, 4) is 5.75 Å². The highest BCUT2D eigenvalue weighted by molar-refractivity contribution is 6.00. The van der Waals surface area contributed by atoms with Crippen molar-refractivity contribution in [1.82, 2.24) is 10.2 Å². The number of nitrogens with one attached hydrogen (secondary N) is 2. The summed E-state index contributed by atoms with van der Waals surface area (Å²) in [5.41, 5.74) is 0.346. The Balaban J connectivity index is 1.73. The van der Waals surface area contributed by atoms with Crippen molar-refractivity contribution in [3.05, 3.63) is 72.3 Å². The Kier molecular flexibility index (Phi) is 8.90. The zero-order valence-electron chi connectivity index (χ0n) is 24.7. The van der Waals surface area contributed by atoms with Gasteiger partial charge in [0.25, 0.3) is 5.91 Å². The molecule has 3 amide bonds. The van der Waals surface area contributed by atoms with E-state index in [2.05, 4.69) is 10.6 Å². The van der Waals surface area contributed by atoms with Crippen LogP contribution in [0.2, 0.25) is 0 Å². The van der Waals surface area contributed by atoms with Crippen molar-refractivity contribution < 1.29 is 24.2 Å². The van der Waals surface area contributed by atoms with E-state index in [1.807, 2.05) is 63.2 Å². The number of nitrogens with zero attached hydrogens (tertiary/aromatic N) is 1. The van der Waals surface area contributed by atoms with Crippen LogP contribution in [0.15, 0.2) is 66.7 Å². The van der Waals surface area contributed by atoms with Crippen LogP contribution in [0.1, 0.15) is 66.0 Å². The second-order valence-electron chi connectivity index (χ2n) is 12.1. The maximum Gasteiger partial charge on any atom is 0.408 e. The van der Waals surface area contributed by atoms with Gasteiger partial charge in [-0.25, -0.2) is 4.79 Å². The number of ether oxygens (including phenoxy) is 1. The molecule has 1 saturated carbocycles. The first-order valence-electron chi connectivity index (χ1n) is 14.3. The van der Waals surface area contributed by atoms with E-state index < -0.39 is 29.7 Å². The quantitative estimate of drug-likeness (QED) is 0.281. The van der Waals surface area contributed by atoms with Crippen LogP contribution in [0.3, 0.4) is 0 Å². The average molecular weight is 560 g/mol. The molecule has 0 aliphatic heterocycles. The molecule has 4 rings (SSSR count). The number of benzene rings is 3. The Bertz CT molecular complexity index is 1420. The summed E-state index contributed by atoms with van der Waals surface area (Å²) in [7, 11) is 0. The summed E-state index contributed by atoms with van der Waals surface area (Å²) < 4.78 is 5.48. The van der Waals surface area contributed by atoms with E-state index in [0.29, 0.717) is 17.7 Å². The van der Waals surface area contributed by atoms with Gasteiger partial charge in [-0.2, -0.15) is 0 Å². The highest BCUT2D eigenvalue weighted by Crippen LogP contribution is 2.42. The number of phenols is 1. The first kappa shape index (κ1) is 29.9. The van der Waals surface area contributed by atoms with Gasteiger partial charge < -0.3 is 25.4 Å². The molecule has 1 aliphatic carbocycles. The predicted molar refractivity (Wildman–Crippen MR) is 160 cm³/mol. The number of fused-ring (bicyclic) bond motifs is 1. The van der Waals surface area contributed by atoms with Crippen LogP contribution in [0.4, 0.5) is 10.5 Å². The third kappa shape index (κ3) is 7.37. The first-order valence-corrected chi connectivity index (χ1v) is 14.3. The van der Waals surface area contributed by atoms with Crippen LogP contribution in [0, 0.1) is 11.8 Å². The van der Waals surface area contributed by atoms with Gasteiger partial charge in [-0.15, -0.1) is 0 Å². The van der Waals surface area contributed by atoms with Crippen LogP contribution in [0.25, 0.3) is 10.8 Å². The van der Waals surface area contributed by atoms with Crippen LogP contribution in [0.5, 0.6) is 5.75 Å². The lowest BCUT2D eigenvalue weighted by Crippen LogP contribution is -2.55. The maximum atomic E-state index is 14.4. The molecule has 8 nitrogen and oxygen atoms in total. The third-order valence-electron chi connectivity index (χ3n) is 7.56. The molecule has 0 saturated heterocycles. The van der Waals surface area contributed by atoms with Gasteiger partial charge in [0, 0.05) is 11.7 Å². The lowest BCUT2D eigenvalue weighted by molar-refractivity contribution is -0.142. The van der Waals surface area contributed by atoms with Gasteiger partial charge in [0.15, 0.2) is 0 Å². The van der Waals surface area contributed by atoms with Crippen molar-refractivity contribution in [3.63, 3.8) is 0 Å². The summed E-state index contributed by atoms with van der Waals surface area (Å²) >= 11 is 0. The molecule has 3 aromatic carbocycles. The Morgan fingerprint density at radius 1 is 1.02 bits per heavy atom. The smallest absolute Gasteiger partial charge is 0.408 e. The summed E-state index contributed by atoms with van der Waals surface area (Å²) in [5.74, 6) is -0.820. The fourth-order valence-electron chi connectivity index (χ4n) is 5.06. The van der Waals surface area contributed by atoms with Gasteiger partial charge in [-0.1, -0.05) is 69.7 Å². The van der Waals surface area contributed by atoms with E-state index in [-0.39, 0.29) is 29.5 Å². The monoisotopic (exact) mass is 559 g/mol. The Hall–Kier alpha value is -4.07. The van der Waals surface area contributed by atoms with Crippen LogP contribution < -0.4 is 10.6 Å². The van der Waals surface area contributed by atoms with E-state index in [9.17, 15) is 19.5 Å². The van der Waals surface area contributed by atoms with E-state index in [1.165, 1.54) is 12.1 Å². The fraction of sp³-hybridized carbons (Fsp3) is 0.424. The molecule has 5 atom stereocenters. The van der Waals surface area contributed by atoms with Crippen molar-refractivity contribution >= 4 is 34.4 Å². The largest absolute Gasteiger partial charge is 0.508 e. The molecule has 8 heteroatoms. The third-order valence-corrected chi connectivity index (χ3v) is 7.56. The zero-order chi connectivity index (χ0) is 29.9. The van der Waals surface area contributed by atoms with Crippen LogP contribution in [-0.2, 0) is 14.3 Å². The van der Waals surface area contributed by atoms with E-state index in [0.717, 1.165) is 17.2 Å². The molecule has 0 spiro atoms. The van der Waals surface area contributed by atoms with E-state index >= 15 is 0 Å². The Morgan fingerprint density at radius 2 is 1.71 bits per heavy atom. The summed E-state index contributed by atoms with van der Waals surface area (Å²) in [6.45, 7) is 11.2. The number of hydrogen-bond donors (Lipinski definition) is 3. The number of rotatable bonds is 9. The number of amides is 3. The number of phenolic OH excluding ortho intramolecular Hbond substituents is 1. The maximum absolute atomic E-state index is 14.4. The predicted octanol–water partition coefficient (Wildman–Crippen LogP) is 6.40. The highest BCUT2D eigenvalue weighted by atomic mass is 16.6. The normalized spacial score (nSPS) is 18.6. The van der Waals surface area contributed by atoms with E-state index in [1.54, 1.807) is 37.8 Å². The van der Waals surface area contributed by atoms with Crippen molar-refractivity contribution in [2.45, 2.75) is 78.1 Å². The second-order valence-corrected chi connectivity index (χ2v) is 12.1. The molecule has 218 valence electrons. The summed E-state index contributed by atoms with van der Waals surface area (Å²) in [6.07, 6.45) is 0.666. The van der Waals surface area contributed by atoms with Gasteiger partial charge in [-0.05, 0) is 79.6 Å². The van der Waals surface area contributed by atoms with Crippen LogP contribution >= 0.6 is 0 Å². The summed E-state index contributed by atoms with van der Waals surface area (Å²) in [4.78, 5) is 43.0. The summed E-state index contributed by atoms with van der Waals surface area (Å²) in [5, 5.41) is 18.2. The van der Waals surface area contributed by atoms with Gasteiger partial charge in [0.2, 0.25) is 5.91 Å². The van der Waals surface area contributed by atoms with E-state index in [4.69, 9.17) is 4.74 Å². The molecule has 1 aliphatic rings. The molecular formula is C33H41N3O5. The number of carbonyl (C=O) groups is 3. The molecule has 0 aromatic heterocycles. The SMILES string of the molecule is CCC(C)C(NC(=O)OC(C)(C)C)C(=O)N(C(C(=O)Nc1ccc2ccccc2c1)c1cccc(O)c1)C1CC1C. The van der Waals surface area contributed by atoms with Crippen molar-refractivity contribution in [2.24, 2.45) is 11.8 Å². The zero-order valence-corrected chi connectivity index (χ0v) is 24.7. The van der Waals surface area contributed by atoms with Gasteiger partial charge in [-0.3, -0.25) is 9.59 Å². The molecule has 3 N–H and O–H groups in total. The van der Waals surface area contributed by atoms with Gasteiger partial charge in [0.1, 0.15) is 23.4 Å². The lowest BCUT2D eigenvalue weighted by Gasteiger charge is -2.36. The standard InChI is InChI=1S/C33H41N3O5/c1-7-20(2)28(35-32(40)41-33(4,5)6)31(39)36(27-17-21(27)3)29(24-13-10-14-26(37)19-24)30(38)34-25-16-15-22-11-8-9-12-23(22)18-25/h8-16,18-21,27-29,37H,7,17H2,1-6H3,(H,34,38)(H,35,40). The number of anilines is 1. The Labute approximate surface area is 242 Å². The molecule has 3 aromatic rings. The number of carbonyl (C=O) groups excluding carboxylic acids is 3. The second kappa shape index (κ2) is 12.2. The van der Waals surface area contributed by atoms with Crippen LogP contribution in [-0.4, -0.2) is 45.6 Å². The number of hydrogen-bond acceptors (Lipinski definition) is 5. The molecule has 0 radical (unpaired) electrons. The topological polar surface area (TPSA) is 108 Å². The lowest BCUT2D eigenvalue weighted by atomic mass is 9.95. The first-order chi connectivity index (χ1) is 19.4. The molecule has 0 bridgehead atoms. The van der Waals surface area contributed by atoms with Crippen molar-refractivity contribution in [2.75, 3.05) is 5.32 Å². The molecule has 1 fully saturated rings. The highest BCUT2D eigenvalue weighted by Gasteiger charge is 2.49. The van der Waals surface area contributed by atoms with Gasteiger partial charge >= 0.3 is 6.09 Å². The molecule has 0 heterocycles. The minimum atomic E-state index is -1.04. The minimum absolute atomic E-state index is 0.00685. The van der Waals surface area contributed by atoms with Crippen molar-refractivity contribution in [1.29, 1.82) is 0 Å². The molecule has 41 heavy (non-hydrogen) atoms. The van der Waals surface area contributed by atoms with Gasteiger partial charge in [0.05, 0.1) is 0 Å². The molecular weight excluding hydrogens is 518 g/mol. The Morgan fingerprint density at radius 3 is 2.32 bits per heavy atom.